The van der Waals surface area contributed by atoms with Crippen LogP contribution in [0, 0.1) is 97.2 Å². The summed E-state index contributed by atoms with van der Waals surface area (Å²) >= 11 is 0. The molecule has 9 aliphatic rings. The molecule has 19 rings (SSSR count). The number of aryl methyl sites for hydroxylation is 8. The predicted octanol–water partition coefficient (Wildman–Crippen LogP) is 6.99. The first-order valence-corrected chi connectivity index (χ1v) is 45.6. The molecule has 1 aliphatic carbocycles. The molecular weight excluding hydrogens is 2120 g/mol. The second-order valence-electron chi connectivity index (χ2n) is 30.8. The molecule has 3 atom stereocenters. The third-order valence-corrected chi connectivity index (χ3v) is 23.8. The molecule has 136 heavy (non-hydrogen) atoms. The van der Waals surface area contributed by atoms with E-state index in [0.29, 0.717) is 8.81 Å². The molecule has 0 saturated heterocycles. The maximum atomic E-state index is 9.92. The number of rotatable bonds is 13. The van der Waals surface area contributed by atoms with Crippen LogP contribution in [0.25, 0.3) is 55.2 Å². The molecule has 1 radical (unpaired) electrons. The number of fused-ring (bicyclic) bond motifs is 12. The summed E-state index contributed by atoms with van der Waals surface area (Å²) in [5.41, 5.74) is 25.6. The van der Waals surface area contributed by atoms with Gasteiger partial charge in [0.15, 0.2) is 99.1 Å². The molecule has 0 spiro atoms. The quantitative estimate of drug-likeness (QED) is 0.0643. The zero-order chi connectivity index (χ0) is 89.6. The Morgan fingerprint density at radius 2 is 0.507 bits per heavy atom. The van der Waals surface area contributed by atoms with Gasteiger partial charge in [-0.1, -0.05) is 80.6 Å². The van der Waals surface area contributed by atoms with Crippen LogP contribution < -0.4 is 67.9 Å². The molecule has 1 fully saturated rings. The third-order valence-electron chi connectivity index (χ3n) is 22.1. The number of allylic oxidation sites excluding steroid dienone is 10. The van der Waals surface area contributed by atoms with E-state index in [1.165, 1.54) is 60.5 Å². The molecule has 3 unspecified atom stereocenters. The van der Waals surface area contributed by atoms with Gasteiger partial charge in [0.25, 0.3) is 0 Å². The molecule has 0 amide bonds. The summed E-state index contributed by atoms with van der Waals surface area (Å²) in [6.07, 6.45) is 63.8. The molecule has 10 aromatic heterocycles. The fourth-order valence-electron chi connectivity index (χ4n) is 15.6. The van der Waals surface area contributed by atoms with Crippen LogP contribution in [-0.2, 0) is 105 Å². The van der Waals surface area contributed by atoms with E-state index in [9.17, 15) is 9.13 Å². The summed E-state index contributed by atoms with van der Waals surface area (Å²) in [4.78, 5) is 46.3. The van der Waals surface area contributed by atoms with Crippen molar-refractivity contribution in [3.05, 3.63) is 409 Å². The molecule has 717 valence electrons. The maximum absolute atomic E-state index is 9.92. The average molecular weight is 2240 g/mol. The van der Waals surface area contributed by atoms with Crippen LogP contribution in [0.15, 0.2) is 335 Å². The molecule has 1 saturated carbocycles. The fourth-order valence-corrected chi connectivity index (χ4v) is 15.9. The summed E-state index contributed by atoms with van der Waals surface area (Å²) in [6.45, 7) is 1.99. The summed E-state index contributed by atoms with van der Waals surface area (Å²) in [6, 6.07) is 42.5. The molecule has 10 aromatic rings. The van der Waals surface area contributed by atoms with Gasteiger partial charge in [-0.3, -0.25) is 9.13 Å². The van der Waals surface area contributed by atoms with E-state index in [4.69, 9.17) is 50.5 Å². The first-order valence-electron chi connectivity index (χ1n) is 41.7. The molecule has 0 aromatic carbocycles. The Morgan fingerprint density at radius 1 is 0.316 bits per heavy atom. The number of hydrogen-bond acceptors (Lipinski definition) is 13. The molecule has 16 bridgehead atoms. The Bertz CT molecular complexity index is 6130. The van der Waals surface area contributed by atoms with E-state index in [1.54, 1.807) is 7.11 Å². The summed E-state index contributed by atoms with van der Waals surface area (Å²) < 4.78 is 57.7. The minimum Gasteiger partial charge on any atom is -0.677 e. The van der Waals surface area contributed by atoms with Gasteiger partial charge in [-0.25, -0.2) is 56.5 Å². The zero-order valence-electron chi connectivity index (χ0n) is 78.5. The minimum absolute atomic E-state index is 0. The SMILES string of the molecule is C1CCCC1.COPC.CO[PH](=O)OC.CO[PH](=O)OC.C[n+]1ccc(C2=C3C=CC(=N3)C(c3cc[n+](C)cc3)=c3ccc([n-]3)=C(c3cc[n+](C)cc3)C3=NC(=C(c4cc[n+](C)cc4)C4CC=C2[N-]4)C=C3)cc1.C[n+]1ccc(C2=C3C=CC(=N3)C(c3cc[n+](C)cc3)=c3ccc([n-]3)=C(c3cc[n+](C)cc3)C3=NC(=C(c4cc[n+](C)cc4)C4CC=C2[N-]4)C=C3)cc1.O.O.O.O.O.O=O.[CH3-].[Co].[Gd+2].[Gd+2]. The summed E-state index contributed by atoms with van der Waals surface area (Å²) in [7, 11) is 19.7. The Morgan fingerprint density at radius 3 is 0.706 bits per heavy atom. The first kappa shape index (κ1) is 118. The van der Waals surface area contributed by atoms with Crippen LogP contribution in [0.3, 0.4) is 0 Å². The van der Waals surface area contributed by atoms with Crippen molar-refractivity contribution in [2.24, 2.45) is 76.4 Å². The van der Waals surface area contributed by atoms with Gasteiger partial charge in [-0.15, -0.1) is 32.8 Å². The molecule has 30 nitrogen and oxygen atoms in total. The van der Waals surface area contributed by atoms with Gasteiger partial charge in [0, 0.05) is 168 Å². The minimum atomic E-state index is -2.12. The van der Waals surface area contributed by atoms with Gasteiger partial charge < -0.3 is 78.0 Å². The van der Waals surface area contributed by atoms with E-state index >= 15 is 0 Å². The van der Waals surface area contributed by atoms with Crippen molar-refractivity contribution < 1.29 is 192 Å². The van der Waals surface area contributed by atoms with E-state index in [0.717, 1.165) is 180 Å². The Hall–Kier alpha value is -9.83. The van der Waals surface area contributed by atoms with Crippen molar-refractivity contribution in [3.63, 3.8) is 0 Å². The van der Waals surface area contributed by atoms with E-state index < -0.39 is 16.5 Å². The molecular formula is C100H120CoGd2N16O14P3+7. The van der Waals surface area contributed by atoms with Crippen molar-refractivity contribution in [3.8, 4) is 0 Å². The largest absolute Gasteiger partial charge is 2.00 e. The van der Waals surface area contributed by atoms with Crippen LogP contribution >= 0.6 is 25.3 Å². The Labute approximate surface area is 871 Å². The maximum Gasteiger partial charge on any atom is 2.00 e. The van der Waals surface area contributed by atoms with Gasteiger partial charge in [0.2, 0.25) is 0 Å². The van der Waals surface area contributed by atoms with Gasteiger partial charge in [-0.2, -0.15) is 0 Å². The van der Waals surface area contributed by atoms with Crippen LogP contribution in [0.2, 0.25) is 0 Å². The molecule has 36 heteroatoms. The van der Waals surface area contributed by atoms with Crippen LogP contribution in [0.5, 0.6) is 0 Å². The van der Waals surface area contributed by atoms with Crippen LogP contribution in [0.1, 0.15) is 89.5 Å². The molecule has 10 N–H and O–H groups in total. The summed E-state index contributed by atoms with van der Waals surface area (Å²) in [5.74, 6) is 0. The number of aliphatic imine (C=N–C) groups is 4. The number of nitrogens with zero attached hydrogens (tertiary/aromatic N) is 16. The van der Waals surface area contributed by atoms with E-state index in [2.05, 4.69) is 313 Å². The van der Waals surface area contributed by atoms with Gasteiger partial charge >= 0.3 is 96.4 Å². The van der Waals surface area contributed by atoms with Gasteiger partial charge in [0.05, 0.1) is 45.6 Å². The van der Waals surface area contributed by atoms with Crippen LogP contribution in [0.4, 0.5) is 0 Å². The van der Waals surface area contributed by atoms with Crippen molar-refractivity contribution in [1.82, 2.24) is 9.97 Å². The second-order valence-corrected chi connectivity index (χ2v) is 34.3. The Kier molecular flexibility index (Phi) is 50.1. The monoisotopic (exact) mass is 2240 g/mol. The van der Waals surface area contributed by atoms with E-state index in [-0.39, 0.29) is 144 Å². The molecule has 8 aliphatic heterocycles. The zero-order valence-corrected chi connectivity index (χ0v) is 87.1. The average Bonchev–Trinajstić information content (AvgIpc) is 1.62. The van der Waals surface area contributed by atoms with Gasteiger partial charge in [0.1, 0.15) is 56.4 Å². The van der Waals surface area contributed by atoms with Crippen molar-refractivity contribution in [1.29, 1.82) is 0 Å². The smallest absolute Gasteiger partial charge is 0.677 e. The van der Waals surface area contributed by atoms with Gasteiger partial charge in [-0.05, 0) is 157 Å². The number of aromatic nitrogens is 10. The predicted molar refractivity (Wildman–Crippen MR) is 524 cm³/mol. The number of hydrogen-bond donors (Lipinski definition) is 0. The topological polar surface area (TPSA) is 409 Å². The number of pyridine rings is 8. The summed E-state index contributed by atoms with van der Waals surface area (Å²) in [5, 5.41) is 14.4. The first-order chi connectivity index (χ1) is 61.8. The van der Waals surface area contributed by atoms with Crippen LogP contribution in [-0.4, -0.2) is 105 Å². The Balaban J connectivity index is 0.000000438. The third kappa shape index (κ3) is 29.6. The van der Waals surface area contributed by atoms with Crippen molar-refractivity contribution in [2.75, 3.05) is 42.2 Å². The standard InChI is InChI=1S/2C44H38N8.C5H10.2C2H7O3P.C2H7OP.CH3.Co.2Gd.O2.5H2O/c2*1-49-21-13-29(14-22-49)41-33-5-7-35(45-33)42(30-15-23-50(2)24-16-30)37-9-11-39(47-37)44(32-19-27-52(4)28-20-32)40-12-10-38(48-40)43(36-8-6-34(41)46-36)31-17-25-51(3)26-18-31;1-2-4-5-3-1;2*1-4-6(3)5-2;1-3-4-2;;;;;1-2;;;;;/h2*5-11,13-28,40H,12H2,1-4H3;1-5H2;2*6H,1-2H3;4H,1-2H3;1H3;;;;;5*1H2/q2*+2;;;;;-1;;2*+2;;;;;;. The fraction of sp³-hybridized carbons (Fsp3) is 0.230. The molecule has 18 heterocycles. The second kappa shape index (κ2) is 57.5. The normalized spacial score (nSPS) is 15.7. The van der Waals surface area contributed by atoms with E-state index in [1.807, 2.05) is 90.4 Å². The van der Waals surface area contributed by atoms with Crippen molar-refractivity contribution in [2.45, 2.75) is 57.0 Å². The van der Waals surface area contributed by atoms with Crippen molar-refractivity contribution >= 4 is 92.7 Å².